The zero-order valence-electron chi connectivity index (χ0n) is 11.3. The van der Waals surface area contributed by atoms with Crippen LogP contribution in [-0.2, 0) is 6.54 Å². The molecule has 18 heavy (non-hydrogen) atoms. The zero-order valence-corrected chi connectivity index (χ0v) is 11.3. The van der Waals surface area contributed by atoms with E-state index < -0.39 is 6.67 Å². The predicted molar refractivity (Wildman–Crippen MR) is 71.0 cm³/mol. The normalized spacial score (nSPS) is 10.7. The molecule has 0 fully saturated rings. The molecule has 3 nitrogen and oxygen atoms in total. The Hall–Kier alpha value is -1.29. The van der Waals surface area contributed by atoms with Crippen LogP contribution in [0.5, 0.6) is 11.5 Å². The van der Waals surface area contributed by atoms with Gasteiger partial charge in [-0.2, -0.15) is 0 Å². The molecule has 0 aliphatic heterocycles. The summed E-state index contributed by atoms with van der Waals surface area (Å²) < 4.78 is 22.9. The molecule has 0 bridgehead atoms. The largest absolute Gasteiger partial charge is 0.493 e. The van der Waals surface area contributed by atoms with Crippen molar-refractivity contribution in [3.63, 3.8) is 0 Å². The highest BCUT2D eigenvalue weighted by Gasteiger charge is 2.10. The number of halogens is 1. The van der Waals surface area contributed by atoms with Crippen LogP contribution in [0.1, 0.15) is 19.4 Å². The minimum absolute atomic E-state index is 0.0531. The maximum Gasteiger partial charge on any atom is 0.165 e. The first-order chi connectivity index (χ1) is 8.69. The van der Waals surface area contributed by atoms with E-state index in [1.54, 1.807) is 7.11 Å². The molecule has 0 saturated heterocycles. The van der Waals surface area contributed by atoms with Gasteiger partial charge in [-0.05, 0) is 18.5 Å². The van der Waals surface area contributed by atoms with Crippen molar-refractivity contribution in [1.82, 2.24) is 5.32 Å². The fourth-order valence-electron chi connectivity index (χ4n) is 1.66. The summed E-state index contributed by atoms with van der Waals surface area (Å²) in [6.45, 7) is 5.48. The van der Waals surface area contributed by atoms with Crippen molar-refractivity contribution in [3.8, 4) is 11.5 Å². The highest BCUT2D eigenvalue weighted by Crippen LogP contribution is 2.31. The second kappa shape index (κ2) is 7.93. The lowest BCUT2D eigenvalue weighted by Gasteiger charge is -2.15. The Balaban J connectivity index is 2.74. The van der Waals surface area contributed by atoms with Crippen molar-refractivity contribution in [3.05, 3.63) is 23.8 Å². The van der Waals surface area contributed by atoms with E-state index >= 15 is 0 Å². The van der Waals surface area contributed by atoms with E-state index in [0.29, 0.717) is 24.0 Å². The Kier molecular flexibility index (Phi) is 6.50. The van der Waals surface area contributed by atoms with Gasteiger partial charge in [0.2, 0.25) is 0 Å². The van der Waals surface area contributed by atoms with E-state index in [1.807, 2.05) is 18.2 Å². The van der Waals surface area contributed by atoms with Gasteiger partial charge in [-0.1, -0.05) is 26.0 Å². The maximum atomic E-state index is 12.2. The molecular formula is C14H22FNO2. The molecule has 0 amide bonds. The molecule has 1 aromatic rings. The number of ether oxygens (including phenoxy) is 2. The average molecular weight is 255 g/mol. The van der Waals surface area contributed by atoms with Gasteiger partial charge in [-0.25, -0.2) is 4.39 Å². The van der Waals surface area contributed by atoms with E-state index in [2.05, 4.69) is 19.2 Å². The third-order valence-electron chi connectivity index (χ3n) is 2.47. The topological polar surface area (TPSA) is 30.5 Å². The number of benzene rings is 1. The summed E-state index contributed by atoms with van der Waals surface area (Å²) in [5.41, 5.74) is 0.989. The molecule has 0 atom stereocenters. The van der Waals surface area contributed by atoms with Crippen molar-refractivity contribution >= 4 is 0 Å². The minimum Gasteiger partial charge on any atom is -0.493 e. The van der Waals surface area contributed by atoms with Crippen LogP contribution in [0.25, 0.3) is 0 Å². The molecule has 0 saturated carbocycles. The van der Waals surface area contributed by atoms with Crippen LogP contribution < -0.4 is 14.8 Å². The van der Waals surface area contributed by atoms with E-state index in [0.717, 1.165) is 12.1 Å². The van der Waals surface area contributed by atoms with Gasteiger partial charge in [0.25, 0.3) is 0 Å². The highest BCUT2D eigenvalue weighted by molar-refractivity contribution is 5.46. The second-order valence-corrected chi connectivity index (χ2v) is 4.51. The monoisotopic (exact) mass is 255 g/mol. The quantitative estimate of drug-likeness (QED) is 0.775. The predicted octanol–water partition coefficient (Wildman–Crippen LogP) is 2.79. The molecule has 0 aliphatic rings. The average Bonchev–Trinajstić information content (AvgIpc) is 2.36. The van der Waals surface area contributed by atoms with Gasteiger partial charge in [-0.3, -0.25) is 0 Å². The SMILES string of the molecule is COc1cccc(CNCC(C)C)c1OCCF. The molecule has 0 spiro atoms. The molecule has 4 heteroatoms. The van der Waals surface area contributed by atoms with Gasteiger partial charge in [-0.15, -0.1) is 0 Å². The smallest absolute Gasteiger partial charge is 0.165 e. The van der Waals surface area contributed by atoms with Crippen LogP contribution in [0, 0.1) is 5.92 Å². The fraction of sp³-hybridized carbons (Fsp3) is 0.571. The van der Waals surface area contributed by atoms with Crippen molar-refractivity contribution < 1.29 is 13.9 Å². The van der Waals surface area contributed by atoms with Crippen molar-refractivity contribution in [2.75, 3.05) is 26.9 Å². The Labute approximate surface area is 108 Å². The summed E-state index contributed by atoms with van der Waals surface area (Å²) >= 11 is 0. The van der Waals surface area contributed by atoms with Gasteiger partial charge in [0, 0.05) is 12.1 Å². The van der Waals surface area contributed by atoms with Crippen LogP contribution in [0.15, 0.2) is 18.2 Å². The fourth-order valence-corrected chi connectivity index (χ4v) is 1.66. The molecule has 102 valence electrons. The molecule has 0 radical (unpaired) electrons. The number of hydrogen-bond donors (Lipinski definition) is 1. The van der Waals surface area contributed by atoms with Crippen LogP contribution >= 0.6 is 0 Å². The molecule has 0 aliphatic carbocycles. The second-order valence-electron chi connectivity index (χ2n) is 4.51. The molecule has 1 aromatic carbocycles. The summed E-state index contributed by atoms with van der Waals surface area (Å²) in [6.07, 6.45) is 0. The maximum absolute atomic E-state index is 12.2. The van der Waals surface area contributed by atoms with Crippen molar-refractivity contribution in [2.45, 2.75) is 20.4 Å². The van der Waals surface area contributed by atoms with Gasteiger partial charge in [0.15, 0.2) is 11.5 Å². The number of alkyl halides is 1. The molecule has 1 rings (SSSR count). The highest BCUT2D eigenvalue weighted by atomic mass is 19.1. The Morgan fingerprint density at radius 1 is 1.33 bits per heavy atom. The van der Waals surface area contributed by atoms with Crippen LogP contribution in [0.3, 0.4) is 0 Å². The number of nitrogens with one attached hydrogen (secondary N) is 1. The van der Waals surface area contributed by atoms with Crippen LogP contribution in [-0.4, -0.2) is 26.9 Å². The number of methoxy groups -OCH3 is 1. The Morgan fingerprint density at radius 3 is 2.72 bits per heavy atom. The summed E-state index contributed by atoms with van der Waals surface area (Å²) in [4.78, 5) is 0. The number of hydrogen-bond acceptors (Lipinski definition) is 3. The molecule has 0 unspecified atom stereocenters. The number of para-hydroxylation sites is 1. The summed E-state index contributed by atoms with van der Waals surface area (Å²) in [7, 11) is 1.59. The van der Waals surface area contributed by atoms with Gasteiger partial charge < -0.3 is 14.8 Å². The third kappa shape index (κ3) is 4.53. The molecule has 1 N–H and O–H groups in total. The van der Waals surface area contributed by atoms with Gasteiger partial charge in [0.05, 0.1) is 7.11 Å². The summed E-state index contributed by atoms with van der Waals surface area (Å²) in [5.74, 6) is 1.87. The van der Waals surface area contributed by atoms with Crippen molar-refractivity contribution in [2.24, 2.45) is 5.92 Å². The molecule has 0 heterocycles. The zero-order chi connectivity index (χ0) is 13.4. The van der Waals surface area contributed by atoms with Gasteiger partial charge in [0.1, 0.15) is 13.3 Å². The number of rotatable bonds is 8. The van der Waals surface area contributed by atoms with Crippen molar-refractivity contribution in [1.29, 1.82) is 0 Å². The van der Waals surface area contributed by atoms with Crippen LogP contribution in [0.2, 0.25) is 0 Å². The first-order valence-corrected chi connectivity index (χ1v) is 6.24. The summed E-state index contributed by atoms with van der Waals surface area (Å²) in [6, 6.07) is 5.69. The van der Waals surface area contributed by atoms with Gasteiger partial charge >= 0.3 is 0 Å². The lowest BCUT2D eigenvalue weighted by atomic mass is 10.1. The lowest BCUT2D eigenvalue weighted by molar-refractivity contribution is 0.257. The van der Waals surface area contributed by atoms with E-state index in [9.17, 15) is 4.39 Å². The minimum atomic E-state index is -0.503. The molecular weight excluding hydrogens is 233 g/mol. The standard InChI is InChI=1S/C14H22FNO2/c1-11(2)9-16-10-12-5-4-6-13(17-3)14(12)18-8-7-15/h4-6,11,16H,7-10H2,1-3H3. The Morgan fingerprint density at radius 2 is 2.11 bits per heavy atom. The first-order valence-electron chi connectivity index (χ1n) is 6.24. The first kappa shape index (κ1) is 14.8. The Bertz CT molecular complexity index is 356. The lowest BCUT2D eigenvalue weighted by Crippen LogP contribution is -2.19. The van der Waals surface area contributed by atoms with Crippen LogP contribution in [0.4, 0.5) is 4.39 Å². The van der Waals surface area contributed by atoms with E-state index in [4.69, 9.17) is 9.47 Å². The van der Waals surface area contributed by atoms with E-state index in [-0.39, 0.29) is 6.61 Å². The molecule has 0 aromatic heterocycles. The summed E-state index contributed by atoms with van der Waals surface area (Å²) in [5, 5.41) is 3.34. The van der Waals surface area contributed by atoms with E-state index in [1.165, 1.54) is 0 Å². The third-order valence-corrected chi connectivity index (χ3v) is 2.47.